The number of hydrogen-bond donors (Lipinski definition) is 1. The Bertz CT molecular complexity index is 789. The van der Waals surface area contributed by atoms with E-state index >= 15 is 0 Å². The van der Waals surface area contributed by atoms with Gasteiger partial charge in [0.05, 0.1) is 11.8 Å². The molecule has 2 aliphatic rings. The van der Waals surface area contributed by atoms with Crippen LogP contribution in [-0.2, 0) is 30.3 Å². The van der Waals surface area contributed by atoms with Crippen LogP contribution in [0.2, 0.25) is 0 Å². The number of allylic oxidation sites excluding steroid dienone is 2. The Balaban J connectivity index is 1.53. The van der Waals surface area contributed by atoms with E-state index in [1.54, 1.807) is 12.1 Å². The molecular formula is C21H24N2O5. The first-order valence-electron chi connectivity index (χ1n) is 9.50. The summed E-state index contributed by atoms with van der Waals surface area (Å²) in [6, 6.07) is 7.38. The van der Waals surface area contributed by atoms with Crippen molar-refractivity contribution in [3.8, 4) is 0 Å². The van der Waals surface area contributed by atoms with E-state index in [4.69, 9.17) is 4.74 Å². The lowest BCUT2D eigenvalue weighted by atomic mass is 9.85. The second-order valence-electron chi connectivity index (χ2n) is 7.09. The van der Waals surface area contributed by atoms with Crippen molar-refractivity contribution in [2.24, 2.45) is 11.8 Å². The number of imide groups is 1. The predicted octanol–water partition coefficient (Wildman–Crippen LogP) is 2.07. The van der Waals surface area contributed by atoms with Crippen molar-refractivity contribution in [3.05, 3.63) is 42.0 Å². The lowest BCUT2D eigenvalue weighted by Gasteiger charge is -2.17. The molecule has 0 spiro atoms. The van der Waals surface area contributed by atoms with E-state index in [0.717, 1.165) is 16.9 Å². The third kappa shape index (κ3) is 4.13. The van der Waals surface area contributed by atoms with Crippen molar-refractivity contribution in [1.29, 1.82) is 0 Å². The fraction of sp³-hybridized carbons (Fsp3) is 0.429. The number of benzene rings is 1. The summed E-state index contributed by atoms with van der Waals surface area (Å²) < 4.78 is 5.13. The molecule has 0 saturated carbocycles. The molecule has 0 radical (unpaired) electrons. The van der Waals surface area contributed by atoms with Gasteiger partial charge in [0.15, 0.2) is 6.10 Å². The van der Waals surface area contributed by atoms with Crippen LogP contribution in [0.15, 0.2) is 36.4 Å². The van der Waals surface area contributed by atoms with Crippen LogP contribution in [0.5, 0.6) is 0 Å². The summed E-state index contributed by atoms with van der Waals surface area (Å²) in [6.07, 6.45) is 4.64. The van der Waals surface area contributed by atoms with Gasteiger partial charge in [-0.15, -0.1) is 0 Å². The van der Waals surface area contributed by atoms with Gasteiger partial charge in [-0.05, 0) is 43.9 Å². The molecule has 3 unspecified atom stereocenters. The highest BCUT2D eigenvalue weighted by atomic mass is 16.5. The van der Waals surface area contributed by atoms with Gasteiger partial charge in [0, 0.05) is 5.69 Å². The van der Waals surface area contributed by atoms with Crippen LogP contribution < -0.4 is 5.32 Å². The summed E-state index contributed by atoms with van der Waals surface area (Å²) in [5.41, 5.74) is 1.75. The number of likely N-dealkylation sites (tertiary alicyclic amines) is 1. The number of carbonyl (C=O) groups excluding carboxylic acids is 4. The van der Waals surface area contributed by atoms with Crippen molar-refractivity contribution >= 4 is 29.4 Å². The van der Waals surface area contributed by atoms with Gasteiger partial charge in [-0.2, -0.15) is 0 Å². The van der Waals surface area contributed by atoms with Gasteiger partial charge in [0.1, 0.15) is 6.54 Å². The third-order valence-electron chi connectivity index (χ3n) is 5.19. The van der Waals surface area contributed by atoms with Crippen LogP contribution in [0, 0.1) is 11.8 Å². The molecule has 1 N–H and O–H groups in total. The van der Waals surface area contributed by atoms with Crippen molar-refractivity contribution < 1.29 is 23.9 Å². The molecule has 1 aliphatic carbocycles. The maximum Gasteiger partial charge on any atom is 0.326 e. The molecule has 1 aromatic rings. The van der Waals surface area contributed by atoms with E-state index in [1.165, 1.54) is 6.92 Å². The van der Waals surface area contributed by atoms with Crippen LogP contribution >= 0.6 is 0 Å². The monoisotopic (exact) mass is 384 g/mol. The number of nitrogens with zero attached hydrogens (tertiary/aromatic N) is 1. The number of hydrogen-bond acceptors (Lipinski definition) is 5. The summed E-state index contributed by atoms with van der Waals surface area (Å²) in [5.74, 6) is -2.73. The minimum Gasteiger partial charge on any atom is -0.451 e. The summed E-state index contributed by atoms with van der Waals surface area (Å²) >= 11 is 0. The molecule has 7 heteroatoms. The van der Waals surface area contributed by atoms with Crippen LogP contribution in [-0.4, -0.2) is 41.2 Å². The van der Waals surface area contributed by atoms with E-state index < -0.39 is 36.4 Å². The molecule has 0 aromatic heterocycles. The van der Waals surface area contributed by atoms with Crippen molar-refractivity contribution in [1.82, 2.24) is 4.90 Å². The minimum atomic E-state index is -1.05. The molecule has 1 aliphatic heterocycles. The van der Waals surface area contributed by atoms with Crippen LogP contribution in [0.1, 0.15) is 32.3 Å². The highest BCUT2D eigenvalue weighted by Crippen LogP contribution is 2.34. The van der Waals surface area contributed by atoms with E-state index in [9.17, 15) is 19.2 Å². The predicted molar refractivity (Wildman–Crippen MR) is 102 cm³/mol. The standard InChI is InChI=1S/C21H24N2O5/c1-3-14-8-10-15(11-9-14)22-19(25)13(2)28-18(24)12-23-20(26)16-6-4-5-7-17(16)21(23)27/h4-5,8-11,13,16-17H,3,6-7,12H2,1-2H3,(H,22,25). The first-order valence-corrected chi connectivity index (χ1v) is 9.50. The van der Waals surface area contributed by atoms with Gasteiger partial charge in [-0.3, -0.25) is 24.1 Å². The Kier molecular flexibility index (Phi) is 5.92. The van der Waals surface area contributed by atoms with E-state index in [-0.39, 0.29) is 11.8 Å². The number of nitrogens with one attached hydrogen (secondary N) is 1. The molecule has 3 atom stereocenters. The second-order valence-corrected chi connectivity index (χ2v) is 7.09. The van der Waals surface area contributed by atoms with E-state index in [1.807, 2.05) is 31.2 Å². The topological polar surface area (TPSA) is 92.8 Å². The molecule has 0 bridgehead atoms. The van der Waals surface area contributed by atoms with Gasteiger partial charge in [-0.1, -0.05) is 31.2 Å². The number of rotatable bonds is 6. The fourth-order valence-corrected chi connectivity index (χ4v) is 3.51. The number of esters is 1. The summed E-state index contributed by atoms with van der Waals surface area (Å²) in [5, 5.41) is 2.68. The molecule has 1 aromatic carbocycles. The number of anilines is 1. The zero-order chi connectivity index (χ0) is 20.3. The number of carbonyl (C=O) groups is 4. The van der Waals surface area contributed by atoms with Crippen molar-refractivity contribution in [3.63, 3.8) is 0 Å². The molecule has 3 amide bonds. The zero-order valence-corrected chi connectivity index (χ0v) is 16.0. The molecule has 148 valence electrons. The summed E-state index contributed by atoms with van der Waals surface area (Å²) in [4.78, 5) is 50.1. The average Bonchev–Trinajstić information content (AvgIpc) is 2.93. The van der Waals surface area contributed by atoms with Crippen molar-refractivity contribution in [2.45, 2.75) is 39.2 Å². The zero-order valence-electron chi connectivity index (χ0n) is 16.0. The number of ether oxygens (including phenoxy) is 1. The molecule has 1 saturated heterocycles. The summed E-state index contributed by atoms with van der Waals surface area (Å²) in [7, 11) is 0. The second kappa shape index (κ2) is 8.37. The quantitative estimate of drug-likeness (QED) is 0.460. The maximum absolute atomic E-state index is 12.4. The first kappa shape index (κ1) is 19.8. The van der Waals surface area contributed by atoms with Crippen LogP contribution in [0.3, 0.4) is 0 Å². The van der Waals surface area contributed by atoms with Gasteiger partial charge in [0.2, 0.25) is 11.8 Å². The Morgan fingerprint density at radius 2 is 1.68 bits per heavy atom. The first-order chi connectivity index (χ1) is 13.4. The van der Waals surface area contributed by atoms with Gasteiger partial charge < -0.3 is 10.1 Å². The van der Waals surface area contributed by atoms with Gasteiger partial charge in [0.25, 0.3) is 5.91 Å². The molecule has 1 fully saturated rings. The average molecular weight is 384 g/mol. The molecule has 3 rings (SSSR count). The Hall–Kier alpha value is -2.96. The SMILES string of the molecule is CCc1ccc(NC(=O)C(C)OC(=O)CN2C(=O)C3CC=CCC3C2=O)cc1. The highest BCUT2D eigenvalue weighted by molar-refractivity contribution is 6.07. The Labute approximate surface area is 163 Å². The largest absolute Gasteiger partial charge is 0.451 e. The fourth-order valence-electron chi connectivity index (χ4n) is 3.51. The minimum absolute atomic E-state index is 0.343. The molecular weight excluding hydrogens is 360 g/mol. The number of fused-ring (bicyclic) bond motifs is 1. The Morgan fingerprint density at radius 1 is 1.11 bits per heavy atom. The normalized spacial score (nSPS) is 22.0. The number of amides is 3. The van der Waals surface area contributed by atoms with Crippen LogP contribution in [0.25, 0.3) is 0 Å². The van der Waals surface area contributed by atoms with Gasteiger partial charge >= 0.3 is 5.97 Å². The highest BCUT2D eigenvalue weighted by Gasteiger charge is 2.47. The van der Waals surface area contributed by atoms with Gasteiger partial charge in [-0.25, -0.2) is 0 Å². The van der Waals surface area contributed by atoms with E-state index in [0.29, 0.717) is 18.5 Å². The molecule has 28 heavy (non-hydrogen) atoms. The smallest absolute Gasteiger partial charge is 0.326 e. The molecule has 1 heterocycles. The maximum atomic E-state index is 12.4. The summed E-state index contributed by atoms with van der Waals surface area (Å²) in [6.45, 7) is 3.02. The van der Waals surface area contributed by atoms with Crippen LogP contribution in [0.4, 0.5) is 5.69 Å². The van der Waals surface area contributed by atoms with E-state index in [2.05, 4.69) is 5.32 Å². The Morgan fingerprint density at radius 3 is 2.21 bits per heavy atom. The number of aryl methyl sites for hydroxylation is 1. The van der Waals surface area contributed by atoms with Crippen molar-refractivity contribution in [2.75, 3.05) is 11.9 Å². The third-order valence-corrected chi connectivity index (χ3v) is 5.19. The lowest BCUT2D eigenvalue weighted by Crippen LogP contribution is -2.39. The lowest BCUT2D eigenvalue weighted by molar-refractivity contribution is -0.158. The molecule has 7 nitrogen and oxygen atoms in total.